The summed E-state index contributed by atoms with van der Waals surface area (Å²) in [5.41, 5.74) is 0.825. The highest BCUT2D eigenvalue weighted by Gasteiger charge is 2.18. The number of hydrogen-bond donors (Lipinski definition) is 2. The first-order chi connectivity index (χ1) is 15.8. The van der Waals surface area contributed by atoms with Crippen LogP contribution in [0.3, 0.4) is 0 Å². The van der Waals surface area contributed by atoms with E-state index in [1.807, 2.05) is 0 Å². The number of sulfonamides is 1. The van der Waals surface area contributed by atoms with E-state index in [1.165, 1.54) is 12.3 Å². The quantitative estimate of drug-likeness (QED) is 0.220. The van der Waals surface area contributed by atoms with Gasteiger partial charge in [-0.15, -0.1) is 0 Å². The second-order valence-corrected chi connectivity index (χ2v) is 8.49. The predicted octanol–water partition coefficient (Wildman–Crippen LogP) is 3.93. The molecule has 0 aromatic heterocycles. The zero-order valence-corrected chi connectivity index (χ0v) is 17.7. The summed E-state index contributed by atoms with van der Waals surface area (Å²) in [4.78, 5) is 22.5. The van der Waals surface area contributed by atoms with Gasteiger partial charge in [-0.05, 0) is 42.5 Å². The van der Waals surface area contributed by atoms with E-state index < -0.39 is 14.9 Å². The van der Waals surface area contributed by atoms with Crippen LogP contribution >= 0.6 is 0 Å². The lowest BCUT2D eigenvalue weighted by atomic mass is 10.1. The van der Waals surface area contributed by atoms with E-state index in [2.05, 4.69) is 10.0 Å². The maximum Gasteiger partial charge on any atom is 0.269 e. The van der Waals surface area contributed by atoms with Crippen molar-refractivity contribution in [2.24, 2.45) is 0 Å². The summed E-state index contributed by atoms with van der Waals surface area (Å²) in [5, 5.41) is 13.7. The molecule has 168 valence electrons. The number of hydrogen-bond acceptors (Lipinski definition) is 8. The number of ether oxygens (including phenoxy) is 2. The fourth-order valence-electron chi connectivity index (χ4n) is 3.00. The molecule has 0 unspecified atom stereocenters. The minimum Gasteiger partial charge on any atom is -0.454 e. The molecule has 3 aromatic rings. The Kier molecular flexibility index (Phi) is 5.96. The number of nitrogens with zero attached hydrogens (tertiary/aromatic N) is 1. The number of benzene rings is 3. The van der Waals surface area contributed by atoms with Crippen LogP contribution in [0.4, 0.5) is 17.1 Å². The molecule has 0 bridgehead atoms. The molecule has 0 amide bonds. The van der Waals surface area contributed by atoms with E-state index in [1.54, 1.807) is 42.5 Å². The molecule has 1 heterocycles. The fourth-order valence-corrected chi connectivity index (χ4v) is 4.08. The molecule has 0 saturated heterocycles. The molecule has 11 heteroatoms. The molecule has 0 radical (unpaired) electrons. The number of non-ortho nitro benzene ring substituents is 1. The van der Waals surface area contributed by atoms with Gasteiger partial charge in [-0.25, -0.2) is 8.42 Å². The molecule has 33 heavy (non-hydrogen) atoms. The van der Waals surface area contributed by atoms with Crippen LogP contribution in [0.15, 0.2) is 83.9 Å². The Bertz CT molecular complexity index is 1350. The molecule has 0 fully saturated rings. The fraction of sp³-hybridized carbons (Fsp3) is 0.0455. The second-order valence-electron chi connectivity index (χ2n) is 6.81. The molecule has 0 spiro atoms. The number of rotatable bonds is 8. The molecule has 2 N–H and O–H groups in total. The van der Waals surface area contributed by atoms with Gasteiger partial charge in [0.1, 0.15) is 0 Å². The molecular formula is C22H17N3O7S. The first kappa shape index (κ1) is 21.8. The van der Waals surface area contributed by atoms with Gasteiger partial charge in [-0.1, -0.05) is 12.1 Å². The average Bonchev–Trinajstić information content (AvgIpc) is 3.28. The lowest BCUT2D eigenvalue weighted by Crippen LogP contribution is -2.14. The largest absolute Gasteiger partial charge is 0.454 e. The number of ketones is 1. The number of carbonyl (C=O) groups excluding carboxylic acids is 1. The number of allylic oxidation sites excluding steroid dienone is 1. The molecule has 3 aromatic carbocycles. The Labute approximate surface area is 188 Å². The van der Waals surface area contributed by atoms with E-state index in [-0.39, 0.29) is 28.8 Å². The minimum atomic E-state index is -4.00. The number of anilines is 2. The highest BCUT2D eigenvalue weighted by Crippen LogP contribution is 2.32. The van der Waals surface area contributed by atoms with E-state index >= 15 is 0 Å². The summed E-state index contributed by atoms with van der Waals surface area (Å²) < 4.78 is 38.3. The Morgan fingerprint density at radius 1 is 0.970 bits per heavy atom. The van der Waals surface area contributed by atoms with Gasteiger partial charge in [0.05, 0.1) is 21.2 Å². The smallest absolute Gasteiger partial charge is 0.269 e. The van der Waals surface area contributed by atoms with Gasteiger partial charge < -0.3 is 14.8 Å². The van der Waals surface area contributed by atoms with Crippen LogP contribution in [0.1, 0.15) is 10.4 Å². The number of para-hydroxylation sites is 2. The van der Waals surface area contributed by atoms with Gasteiger partial charge in [-0.3, -0.25) is 19.6 Å². The summed E-state index contributed by atoms with van der Waals surface area (Å²) in [7, 11) is -4.00. The van der Waals surface area contributed by atoms with Gasteiger partial charge >= 0.3 is 0 Å². The van der Waals surface area contributed by atoms with Gasteiger partial charge in [-0.2, -0.15) is 0 Å². The monoisotopic (exact) mass is 467 g/mol. The summed E-state index contributed by atoms with van der Waals surface area (Å²) in [6.07, 6.45) is 2.70. The van der Waals surface area contributed by atoms with Crippen LogP contribution in [0.2, 0.25) is 0 Å². The first-order valence-electron chi connectivity index (χ1n) is 9.57. The molecule has 1 aliphatic rings. The zero-order chi connectivity index (χ0) is 23.4. The topological polar surface area (TPSA) is 137 Å². The molecule has 0 aliphatic carbocycles. The van der Waals surface area contributed by atoms with Crippen LogP contribution in [-0.2, 0) is 10.0 Å². The molecular weight excluding hydrogens is 450 g/mol. The third-order valence-corrected chi connectivity index (χ3v) is 6.04. The maximum absolute atomic E-state index is 12.7. The number of carbonyl (C=O) groups is 1. The van der Waals surface area contributed by atoms with Gasteiger partial charge in [0.15, 0.2) is 17.3 Å². The van der Waals surface area contributed by atoms with Gasteiger partial charge in [0.25, 0.3) is 15.7 Å². The van der Waals surface area contributed by atoms with Crippen LogP contribution < -0.4 is 19.5 Å². The van der Waals surface area contributed by atoms with Crippen molar-refractivity contribution in [3.05, 3.63) is 94.7 Å². The Hall–Kier alpha value is -4.38. The van der Waals surface area contributed by atoms with E-state index in [0.29, 0.717) is 22.7 Å². The van der Waals surface area contributed by atoms with E-state index in [4.69, 9.17) is 9.47 Å². The highest BCUT2D eigenvalue weighted by molar-refractivity contribution is 7.92. The number of fused-ring (bicyclic) bond motifs is 1. The highest BCUT2D eigenvalue weighted by atomic mass is 32.2. The molecule has 1 aliphatic heterocycles. The summed E-state index contributed by atoms with van der Waals surface area (Å²) in [6, 6.07) is 15.9. The van der Waals surface area contributed by atoms with Crippen molar-refractivity contribution in [2.75, 3.05) is 16.8 Å². The first-order valence-corrected chi connectivity index (χ1v) is 11.1. The zero-order valence-electron chi connectivity index (χ0n) is 16.9. The van der Waals surface area contributed by atoms with Crippen molar-refractivity contribution in [1.29, 1.82) is 0 Å². The standard InChI is InChI=1S/C22H17N3O7S/c26-20(15-5-10-21-22(13-15)32-14-31-21)11-12-23-18-3-1-2-4-19(18)24-33(29,30)17-8-6-16(7-9-17)25(27)28/h1-13,23-24H,14H2. The van der Waals surface area contributed by atoms with Gasteiger partial charge in [0.2, 0.25) is 6.79 Å². The van der Waals surface area contributed by atoms with Gasteiger partial charge in [0, 0.05) is 30.0 Å². The minimum absolute atomic E-state index is 0.108. The molecule has 0 atom stereocenters. The Balaban J connectivity index is 1.47. The SMILES string of the molecule is O=C(C=CNc1ccccc1NS(=O)(=O)c1ccc([N+](=O)[O-])cc1)c1ccc2c(c1)OCO2. The van der Waals surface area contributed by atoms with Crippen molar-refractivity contribution in [3.63, 3.8) is 0 Å². The third-order valence-electron chi connectivity index (χ3n) is 4.66. The van der Waals surface area contributed by atoms with Crippen molar-refractivity contribution in [2.45, 2.75) is 4.90 Å². The third kappa shape index (κ3) is 4.93. The Morgan fingerprint density at radius 3 is 2.39 bits per heavy atom. The van der Waals surface area contributed by atoms with Crippen molar-refractivity contribution in [3.8, 4) is 11.5 Å². The summed E-state index contributed by atoms with van der Waals surface area (Å²) >= 11 is 0. The van der Waals surface area contributed by atoms with Crippen molar-refractivity contribution < 1.29 is 27.6 Å². The van der Waals surface area contributed by atoms with E-state index in [9.17, 15) is 23.3 Å². The summed E-state index contributed by atoms with van der Waals surface area (Å²) in [5.74, 6) is 0.779. The number of nitro groups is 1. The lowest BCUT2D eigenvalue weighted by Gasteiger charge is -2.12. The number of nitro benzene ring substituents is 1. The number of nitrogens with one attached hydrogen (secondary N) is 2. The Morgan fingerprint density at radius 2 is 1.67 bits per heavy atom. The normalized spacial score (nSPS) is 12.5. The van der Waals surface area contributed by atoms with Crippen LogP contribution in [0.25, 0.3) is 0 Å². The van der Waals surface area contributed by atoms with Crippen LogP contribution in [0.5, 0.6) is 11.5 Å². The molecule has 4 rings (SSSR count). The van der Waals surface area contributed by atoms with Crippen LogP contribution in [-0.4, -0.2) is 25.9 Å². The maximum atomic E-state index is 12.7. The van der Waals surface area contributed by atoms with Crippen molar-refractivity contribution >= 4 is 32.9 Å². The molecule has 0 saturated carbocycles. The summed E-state index contributed by atoms with van der Waals surface area (Å²) in [6.45, 7) is 0.108. The second kappa shape index (κ2) is 9.01. The van der Waals surface area contributed by atoms with Crippen molar-refractivity contribution in [1.82, 2.24) is 0 Å². The molecule has 10 nitrogen and oxygen atoms in total. The average molecular weight is 467 g/mol. The predicted molar refractivity (Wildman–Crippen MR) is 120 cm³/mol. The van der Waals surface area contributed by atoms with Crippen LogP contribution in [0, 0.1) is 10.1 Å². The lowest BCUT2D eigenvalue weighted by molar-refractivity contribution is -0.384. The van der Waals surface area contributed by atoms with E-state index in [0.717, 1.165) is 24.3 Å².